The monoisotopic (exact) mass is 356 g/mol. The number of ether oxygens (including phenoxy) is 1. The Bertz CT molecular complexity index is 886. The molecule has 120 valence electrons. The van der Waals surface area contributed by atoms with Gasteiger partial charge in [-0.05, 0) is 35.9 Å². The molecule has 24 heavy (non-hydrogen) atoms. The lowest BCUT2D eigenvalue weighted by Crippen LogP contribution is -1.89. The average molecular weight is 357 g/mol. The maximum Gasteiger partial charge on any atom is 0.209 e. The third-order valence-corrected chi connectivity index (χ3v) is 4.49. The van der Waals surface area contributed by atoms with Crippen LogP contribution in [0.4, 0.5) is 0 Å². The fraction of sp³-hybridized carbons (Fsp3) is 0.118. The smallest absolute Gasteiger partial charge is 0.209 e. The number of nitriles is 1. The summed E-state index contributed by atoms with van der Waals surface area (Å²) in [6.45, 7) is 0. The van der Waals surface area contributed by atoms with Crippen molar-refractivity contribution < 1.29 is 4.74 Å². The van der Waals surface area contributed by atoms with E-state index in [2.05, 4.69) is 21.3 Å². The predicted octanol–water partition coefficient (Wildman–Crippen LogP) is 4.30. The molecule has 5 nitrogen and oxygen atoms in total. The van der Waals surface area contributed by atoms with Gasteiger partial charge in [0.25, 0.3) is 0 Å². The fourth-order valence-corrected chi connectivity index (χ4v) is 3.05. The number of nitrogens with zero attached hydrogens (tertiary/aromatic N) is 3. The van der Waals surface area contributed by atoms with Gasteiger partial charge >= 0.3 is 0 Å². The summed E-state index contributed by atoms with van der Waals surface area (Å²) in [5.41, 5.74) is 2.52. The van der Waals surface area contributed by atoms with Gasteiger partial charge in [0.05, 0.1) is 24.3 Å². The van der Waals surface area contributed by atoms with Gasteiger partial charge in [0.2, 0.25) is 5.16 Å². The van der Waals surface area contributed by atoms with Crippen molar-refractivity contribution in [1.29, 1.82) is 5.26 Å². The summed E-state index contributed by atoms with van der Waals surface area (Å²) in [4.78, 5) is 4.48. The number of aromatic amines is 1. The van der Waals surface area contributed by atoms with Crippen molar-refractivity contribution in [2.75, 3.05) is 7.11 Å². The highest BCUT2D eigenvalue weighted by Gasteiger charge is 2.12. The molecule has 0 aliphatic heterocycles. The van der Waals surface area contributed by atoms with Gasteiger partial charge < -0.3 is 4.74 Å². The third kappa shape index (κ3) is 3.70. The molecule has 1 aromatic heterocycles. The molecule has 1 N–H and O–H groups in total. The quantitative estimate of drug-likeness (QED) is 0.690. The highest BCUT2D eigenvalue weighted by Crippen LogP contribution is 2.31. The SMILES string of the molecule is COc1ccc(Cl)cc1-c1nc(SCc2ccc(C#N)cc2)n[nH]1. The van der Waals surface area contributed by atoms with Crippen LogP contribution >= 0.6 is 23.4 Å². The molecule has 0 saturated carbocycles. The van der Waals surface area contributed by atoms with Crippen LogP contribution < -0.4 is 4.74 Å². The van der Waals surface area contributed by atoms with Crippen LogP contribution in [-0.2, 0) is 5.75 Å². The molecule has 0 atom stereocenters. The highest BCUT2D eigenvalue weighted by atomic mass is 35.5. The van der Waals surface area contributed by atoms with Crippen molar-refractivity contribution in [3.63, 3.8) is 0 Å². The van der Waals surface area contributed by atoms with E-state index in [0.717, 1.165) is 16.9 Å². The highest BCUT2D eigenvalue weighted by molar-refractivity contribution is 7.98. The molecule has 0 aliphatic rings. The van der Waals surface area contributed by atoms with Crippen LogP contribution in [0.5, 0.6) is 5.75 Å². The number of thioether (sulfide) groups is 1. The minimum Gasteiger partial charge on any atom is -0.496 e. The van der Waals surface area contributed by atoms with Crippen molar-refractivity contribution in [3.05, 3.63) is 58.6 Å². The van der Waals surface area contributed by atoms with E-state index >= 15 is 0 Å². The number of rotatable bonds is 5. The summed E-state index contributed by atoms with van der Waals surface area (Å²) in [5, 5.41) is 17.2. The van der Waals surface area contributed by atoms with Crippen molar-refractivity contribution in [2.45, 2.75) is 10.9 Å². The van der Waals surface area contributed by atoms with Crippen LogP contribution in [0.1, 0.15) is 11.1 Å². The number of methoxy groups -OCH3 is 1. The van der Waals surface area contributed by atoms with Gasteiger partial charge in [-0.2, -0.15) is 5.26 Å². The molecule has 0 aliphatic carbocycles. The molecule has 0 radical (unpaired) electrons. The van der Waals surface area contributed by atoms with E-state index in [1.54, 1.807) is 37.4 Å². The van der Waals surface area contributed by atoms with Gasteiger partial charge in [-0.25, -0.2) is 4.98 Å². The zero-order valence-electron chi connectivity index (χ0n) is 12.8. The Kier molecular flexibility index (Phi) is 5.04. The first-order valence-corrected chi connectivity index (χ1v) is 8.44. The van der Waals surface area contributed by atoms with E-state index in [4.69, 9.17) is 21.6 Å². The maximum atomic E-state index is 8.81. The summed E-state index contributed by atoms with van der Waals surface area (Å²) in [5.74, 6) is 2.01. The van der Waals surface area contributed by atoms with E-state index in [0.29, 0.717) is 27.3 Å². The minimum atomic E-state index is 0.606. The van der Waals surface area contributed by atoms with E-state index < -0.39 is 0 Å². The average Bonchev–Trinajstić information content (AvgIpc) is 3.09. The van der Waals surface area contributed by atoms with Gasteiger partial charge in [0.1, 0.15) is 5.75 Å². The Balaban J connectivity index is 1.74. The van der Waals surface area contributed by atoms with Crippen molar-refractivity contribution in [2.24, 2.45) is 0 Å². The zero-order chi connectivity index (χ0) is 16.9. The molecule has 0 fully saturated rings. The Morgan fingerprint density at radius 2 is 2.04 bits per heavy atom. The number of nitrogens with one attached hydrogen (secondary N) is 1. The van der Waals surface area contributed by atoms with Crippen molar-refractivity contribution in [1.82, 2.24) is 15.2 Å². The lowest BCUT2D eigenvalue weighted by Gasteiger charge is -2.05. The van der Waals surface area contributed by atoms with Crippen LogP contribution in [0, 0.1) is 11.3 Å². The normalized spacial score (nSPS) is 10.4. The van der Waals surface area contributed by atoms with Gasteiger partial charge in [-0.1, -0.05) is 35.5 Å². The number of halogens is 1. The van der Waals surface area contributed by atoms with E-state index in [1.165, 1.54) is 11.8 Å². The Labute approximate surface area is 148 Å². The Morgan fingerprint density at radius 1 is 1.25 bits per heavy atom. The van der Waals surface area contributed by atoms with E-state index in [1.807, 2.05) is 12.1 Å². The molecule has 0 unspecified atom stereocenters. The van der Waals surface area contributed by atoms with Crippen molar-refractivity contribution >= 4 is 23.4 Å². The summed E-state index contributed by atoms with van der Waals surface area (Å²) in [6, 6.07) is 14.9. The van der Waals surface area contributed by atoms with Crippen LogP contribution in [0.15, 0.2) is 47.6 Å². The van der Waals surface area contributed by atoms with Crippen LogP contribution in [0.2, 0.25) is 5.02 Å². The molecular weight excluding hydrogens is 344 g/mol. The number of aromatic nitrogens is 3. The van der Waals surface area contributed by atoms with Crippen molar-refractivity contribution in [3.8, 4) is 23.2 Å². The Hall–Kier alpha value is -2.49. The van der Waals surface area contributed by atoms with Crippen LogP contribution in [0.25, 0.3) is 11.4 Å². The first-order chi connectivity index (χ1) is 11.7. The summed E-state index contributed by atoms with van der Waals surface area (Å²) in [7, 11) is 1.60. The van der Waals surface area contributed by atoms with E-state index in [-0.39, 0.29) is 0 Å². The fourth-order valence-electron chi connectivity index (χ4n) is 2.12. The predicted molar refractivity (Wildman–Crippen MR) is 94.1 cm³/mol. The topological polar surface area (TPSA) is 74.6 Å². The maximum absolute atomic E-state index is 8.81. The first-order valence-electron chi connectivity index (χ1n) is 7.08. The number of H-pyrrole nitrogens is 1. The lowest BCUT2D eigenvalue weighted by molar-refractivity contribution is 0.416. The molecule has 1 heterocycles. The van der Waals surface area contributed by atoms with Gasteiger partial charge in [-0.15, -0.1) is 5.10 Å². The largest absolute Gasteiger partial charge is 0.496 e. The second kappa shape index (κ2) is 7.39. The molecule has 7 heteroatoms. The molecular formula is C17H13ClN4OS. The van der Waals surface area contributed by atoms with Crippen LogP contribution in [0.3, 0.4) is 0 Å². The van der Waals surface area contributed by atoms with Gasteiger partial charge in [0.15, 0.2) is 5.82 Å². The standard InChI is InChI=1S/C17H13ClN4OS/c1-23-15-7-6-13(18)8-14(15)16-20-17(22-21-16)24-10-12-4-2-11(9-19)3-5-12/h2-8H,10H2,1H3,(H,20,21,22). The van der Waals surface area contributed by atoms with Gasteiger partial charge in [-0.3, -0.25) is 5.10 Å². The number of benzene rings is 2. The first kappa shape index (κ1) is 16.4. The summed E-state index contributed by atoms with van der Waals surface area (Å²) < 4.78 is 5.34. The molecule has 2 aromatic carbocycles. The van der Waals surface area contributed by atoms with E-state index in [9.17, 15) is 0 Å². The van der Waals surface area contributed by atoms with Gasteiger partial charge in [0, 0.05) is 10.8 Å². The molecule has 3 aromatic rings. The van der Waals surface area contributed by atoms with Crippen LogP contribution in [-0.4, -0.2) is 22.3 Å². The second-order valence-corrected chi connectivity index (χ2v) is 6.29. The summed E-state index contributed by atoms with van der Waals surface area (Å²) in [6.07, 6.45) is 0. The number of hydrogen-bond acceptors (Lipinski definition) is 5. The molecule has 0 amide bonds. The molecule has 0 saturated heterocycles. The second-order valence-electron chi connectivity index (χ2n) is 4.91. The molecule has 0 spiro atoms. The lowest BCUT2D eigenvalue weighted by atomic mass is 10.2. The number of hydrogen-bond donors (Lipinski definition) is 1. The molecule has 0 bridgehead atoms. The summed E-state index contributed by atoms with van der Waals surface area (Å²) >= 11 is 7.56. The third-order valence-electron chi connectivity index (χ3n) is 3.33. The zero-order valence-corrected chi connectivity index (χ0v) is 14.4. The molecule has 3 rings (SSSR count). The minimum absolute atomic E-state index is 0.606. The Morgan fingerprint density at radius 3 is 2.75 bits per heavy atom.